The number of hydrogen-bond donors (Lipinski definition) is 3. The Morgan fingerprint density at radius 3 is 3.05 bits per heavy atom. The third-order valence-corrected chi connectivity index (χ3v) is 3.56. The van der Waals surface area contributed by atoms with Crippen LogP contribution >= 0.6 is 0 Å². The minimum Gasteiger partial charge on any atom is -0.399 e. The van der Waals surface area contributed by atoms with Crippen LogP contribution < -0.4 is 16.4 Å². The van der Waals surface area contributed by atoms with Crippen molar-refractivity contribution in [3.63, 3.8) is 0 Å². The lowest BCUT2D eigenvalue weighted by Gasteiger charge is -2.14. The van der Waals surface area contributed by atoms with Crippen molar-refractivity contribution >= 4 is 11.6 Å². The molecule has 1 aliphatic carbocycles. The smallest absolute Gasteiger partial charge is 0.221 e. The molecule has 4 heteroatoms. The Labute approximate surface area is 114 Å². The van der Waals surface area contributed by atoms with Crippen molar-refractivity contribution in [1.29, 1.82) is 0 Å². The van der Waals surface area contributed by atoms with Gasteiger partial charge in [0.2, 0.25) is 5.91 Å². The molecule has 4 N–H and O–H groups in total. The van der Waals surface area contributed by atoms with Gasteiger partial charge in [-0.3, -0.25) is 4.79 Å². The van der Waals surface area contributed by atoms with Crippen LogP contribution in [0.4, 0.5) is 5.69 Å². The first-order valence-electron chi connectivity index (χ1n) is 7.09. The maximum absolute atomic E-state index is 11.5. The lowest BCUT2D eigenvalue weighted by Crippen LogP contribution is -2.29. The number of nitrogens with one attached hydrogen (secondary N) is 2. The predicted octanol–water partition coefficient (Wildman–Crippen LogP) is 1.76. The Morgan fingerprint density at radius 2 is 2.26 bits per heavy atom. The van der Waals surface area contributed by atoms with Gasteiger partial charge in [0.05, 0.1) is 0 Å². The summed E-state index contributed by atoms with van der Waals surface area (Å²) in [7, 11) is 0. The van der Waals surface area contributed by atoms with Crippen LogP contribution in [0.3, 0.4) is 0 Å². The van der Waals surface area contributed by atoms with Gasteiger partial charge in [0.15, 0.2) is 0 Å². The molecule has 104 valence electrons. The summed E-state index contributed by atoms with van der Waals surface area (Å²) in [5.41, 5.74) is 9.30. The first-order valence-corrected chi connectivity index (χ1v) is 7.09. The number of amides is 1. The number of carbonyl (C=O) groups excluding carboxylic acids is 1. The molecule has 19 heavy (non-hydrogen) atoms. The number of nitrogen functional groups attached to an aromatic ring is 1. The van der Waals surface area contributed by atoms with E-state index in [1.54, 1.807) is 0 Å². The fraction of sp³-hybridized carbons (Fsp3) is 0.533. The zero-order valence-electron chi connectivity index (χ0n) is 11.5. The van der Waals surface area contributed by atoms with E-state index < -0.39 is 0 Å². The summed E-state index contributed by atoms with van der Waals surface area (Å²) in [6, 6.07) is 6.49. The van der Waals surface area contributed by atoms with E-state index in [0.717, 1.165) is 38.0 Å². The summed E-state index contributed by atoms with van der Waals surface area (Å²) in [6.07, 6.45) is 3.69. The minimum atomic E-state index is 0.130. The van der Waals surface area contributed by atoms with Crippen LogP contribution in [0.2, 0.25) is 0 Å². The molecule has 1 aromatic rings. The average molecular weight is 261 g/mol. The van der Waals surface area contributed by atoms with Gasteiger partial charge in [-0.1, -0.05) is 13.0 Å². The minimum absolute atomic E-state index is 0.130. The second kappa shape index (κ2) is 6.57. The second-order valence-corrected chi connectivity index (χ2v) is 5.10. The number of rotatable bonds is 6. The molecule has 0 aromatic heterocycles. The summed E-state index contributed by atoms with van der Waals surface area (Å²) in [5, 5.41) is 6.35. The SMILES string of the molecule is CCCNC(=O)CCNC1CCc2cc(N)ccc21. The highest BCUT2D eigenvalue weighted by Crippen LogP contribution is 2.32. The molecule has 1 amide bonds. The molecule has 0 bridgehead atoms. The van der Waals surface area contributed by atoms with Gasteiger partial charge in [-0.15, -0.1) is 0 Å². The number of carbonyl (C=O) groups is 1. The van der Waals surface area contributed by atoms with E-state index in [1.807, 2.05) is 6.07 Å². The summed E-state index contributed by atoms with van der Waals surface area (Å²) < 4.78 is 0. The number of aryl methyl sites for hydroxylation is 1. The van der Waals surface area contributed by atoms with E-state index in [1.165, 1.54) is 11.1 Å². The van der Waals surface area contributed by atoms with Crippen LogP contribution in [0.5, 0.6) is 0 Å². The molecule has 0 fully saturated rings. The van der Waals surface area contributed by atoms with Crippen molar-refractivity contribution in [2.75, 3.05) is 18.8 Å². The summed E-state index contributed by atoms with van der Waals surface area (Å²) in [6.45, 7) is 3.55. The van der Waals surface area contributed by atoms with Crippen LogP contribution in [0.25, 0.3) is 0 Å². The number of hydrogen-bond acceptors (Lipinski definition) is 3. The van der Waals surface area contributed by atoms with Gasteiger partial charge in [-0.05, 0) is 42.5 Å². The molecule has 0 spiro atoms. The van der Waals surface area contributed by atoms with Gasteiger partial charge in [-0.2, -0.15) is 0 Å². The summed E-state index contributed by atoms with van der Waals surface area (Å²) in [5.74, 6) is 0.130. The molecule has 1 aliphatic rings. The molecule has 1 atom stereocenters. The topological polar surface area (TPSA) is 67.2 Å². The summed E-state index contributed by atoms with van der Waals surface area (Å²) >= 11 is 0. The monoisotopic (exact) mass is 261 g/mol. The molecule has 0 aliphatic heterocycles. The molecule has 4 nitrogen and oxygen atoms in total. The molecule has 1 unspecified atom stereocenters. The van der Waals surface area contributed by atoms with Gasteiger partial charge in [-0.25, -0.2) is 0 Å². The Hall–Kier alpha value is -1.55. The number of anilines is 1. The van der Waals surface area contributed by atoms with E-state index in [9.17, 15) is 4.79 Å². The first-order chi connectivity index (χ1) is 9.20. The maximum Gasteiger partial charge on any atom is 0.221 e. The van der Waals surface area contributed by atoms with Gasteiger partial charge in [0.1, 0.15) is 0 Å². The molecule has 0 saturated heterocycles. The summed E-state index contributed by atoms with van der Waals surface area (Å²) in [4.78, 5) is 11.5. The van der Waals surface area contributed by atoms with E-state index in [0.29, 0.717) is 12.5 Å². The molecule has 1 aromatic carbocycles. The Balaban J connectivity index is 1.78. The van der Waals surface area contributed by atoms with E-state index in [4.69, 9.17) is 5.73 Å². The zero-order chi connectivity index (χ0) is 13.7. The van der Waals surface area contributed by atoms with Gasteiger partial charge < -0.3 is 16.4 Å². The van der Waals surface area contributed by atoms with Crippen LogP contribution in [-0.4, -0.2) is 19.0 Å². The number of fused-ring (bicyclic) bond motifs is 1. The average Bonchev–Trinajstić information content (AvgIpc) is 2.79. The maximum atomic E-state index is 11.5. The zero-order valence-corrected chi connectivity index (χ0v) is 11.5. The van der Waals surface area contributed by atoms with Crippen molar-refractivity contribution in [1.82, 2.24) is 10.6 Å². The van der Waals surface area contributed by atoms with Crippen LogP contribution in [0.15, 0.2) is 18.2 Å². The molecular weight excluding hydrogens is 238 g/mol. The van der Waals surface area contributed by atoms with E-state index in [-0.39, 0.29) is 5.91 Å². The van der Waals surface area contributed by atoms with Gasteiger partial charge in [0.25, 0.3) is 0 Å². The Morgan fingerprint density at radius 1 is 1.42 bits per heavy atom. The van der Waals surface area contributed by atoms with Crippen molar-refractivity contribution in [2.45, 2.75) is 38.6 Å². The molecule has 2 rings (SSSR count). The molecule has 0 radical (unpaired) electrons. The predicted molar refractivity (Wildman–Crippen MR) is 77.8 cm³/mol. The third-order valence-electron chi connectivity index (χ3n) is 3.56. The Bertz CT molecular complexity index is 445. The normalized spacial score (nSPS) is 17.2. The highest BCUT2D eigenvalue weighted by atomic mass is 16.1. The van der Waals surface area contributed by atoms with Crippen LogP contribution in [-0.2, 0) is 11.2 Å². The van der Waals surface area contributed by atoms with Crippen molar-refractivity contribution in [3.05, 3.63) is 29.3 Å². The molecule has 0 saturated carbocycles. The van der Waals surface area contributed by atoms with E-state index >= 15 is 0 Å². The Kier molecular flexibility index (Phi) is 4.80. The van der Waals surface area contributed by atoms with E-state index in [2.05, 4.69) is 29.7 Å². The first kappa shape index (κ1) is 13.9. The fourth-order valence-corrected chi connectivity index (χ4v) is 2.56. The van der Waals surface area contributed by atoms with Crippen molar-refractivity contribution in [2.24, 2.45) is 0 Å². The van der Waals surface area contributed by atoms with Crippen LogP contribution in [0.1, 0.15) is 43.4 Å². The third kappa shape index (κ3) is 3.70. The lowest BCUT2D eigenvalue weighted by atomic mass is 10.1. The number of benzene rings is 1. The van der Waals surface area contributed by atoms with Crippen LogP contribution in [0, 0.1) is 0 Å². The molecule has 0 heterocycles. The van der Waals surface area contributed by atoms with Crippen molar-refractivity contribution in [3.8, 4) is 0 Å². The van der Waals surface area contributed by atoms with Gasteiger partial charge in [0, 0.05) is 31.2 Å². The highest BCUT2D eigenvalue weighted by molar-refractivity contribution is 5.76. The number of nitrogens with two attached hydrogens (primary N) is 1. The largest absolute Gasteiger partial charge is 0.399 e. The second-order valence-electron chi connectivity index (χ2n) is 5.10. The fourth-order valence-electron chi connectivity index (χ4n) is 2.56. The quantitative estimate of drug-likeness (QED) is 0.684. The van der Waals surface area contributed by atoms with Crippen molar-refractivity contribution < 1.29 is 4.79 Å². The standard InChI is InChI=1S/C15H23N3O/c1-2-8-18-15(19)7-9-17-14-6-3-11-10-12(16)4-5-13(11)14/h4-5,10,14,17H,2-3,6-9,16H2,1H3,(H,18,19). The van der Waals surface area contributed by atoms with Gasteiger partial charge >= 0.3 is 0 Å². The molecular formula is C15H23N3O. The lowest BCUT2D eigenvalue weighted by molar-refractivity contribution is -0.121. The highest BCUT2D eigenvalue weighted by Gasteiger charge is 2.21.